The second-order valence-corrected chi connectivity index (χ2v) is 6.74. The summed E-state index contributed by atoms with van der Waals surface area (Å²) in [6.07, 6.45) is 0.785. The number of benzene rings is 2. The zero-order valence-corrected chi connectivity index (χ0v) is 15.1. The van der Waals surface area contributed by atoms with Crippen LogP contribution >= 0.6 is 0 Å². The summed E-state index contributed by atoms with van der Waals surface area (Å²) in [5.74, 6) is 0.345. The quantitative estimate of drug-likeness (QED) is 0.840. The van der Waals surface area contributed by atoms with Crippen LogP contribution in [0.2, 0.25) is 0 Å². The number of phenolic OH excluding ortho intramolecular Hbond substituents is 1. The van der Waals surface area contributed by atoms with Crippen LogP contribution in [0.5, 0.6) is 5.75 Å². The van der Waals surface area contributed by atoms with Crippen LogP contribution in [0, 0.1) is 20.8 Å². The SMILES string of the molecule is C(OCC1CO1)C1CO1.Cc1cc(C)c(-c2ccccc2O)c(C)c1. The third-order valence-electron chi connectivity index (χ3n) is 4.26. The lowest BCUT2D eigenvalue weighted by Gasteiger charge is -2.12. The highest BCUT2D eigenvalue weighted by atomic mass is 16.6. The summed E-state index contributed by atoms with van der Waals surface area (Å²) in [4.78, 5) is 0. The normalized spacial score (nSPS) is 20.6. The maximum absolute atomic E-state index is 9.88. The molecule has 134 valence electrons. The summed E-state index contributed by atoms with van der Waals surface area (Å²) in [6.45, 7) is 9.52. The van der Waals surface area contributed by atoms with Crippen molar-refractivity contribution in [3.05, 3.63) is 53.1 Å². The average Bonchev–Trinajstić information content (AvgIpc) is 3.44. The number of para-hydroxylation sites is 1. The molecule has 0 spiro atoms. The van der Waals surface area contributed by atoms with Gasteiger partial charge in [0.2, 0.25) is 0 Å². The fraction of sp³-hybridized carbons (Fsp3) is 0.429. The van der Waals surface area contributed by atoms with Crippen LogP contribution in [-0.2, 0) is 14.2 Å². The summed E-state index contributed by atoms with van der Waals surface area (Å²) in [5, 5.41) is 9.88. The number of aryl methyl sites for hydroxylation is 3. The zero-order valence-electron chi connectivity index (χ0n) is 15.1. The molecular formula is C21H26O4. The summed E-state index contributed by atoms with van der Waals surface area (Å²) in [5.41, 5.74) is 5.73. The molecule has 0 saturated carbocycles. The van der Waals surface area contributed by atoms with Crippen LogP contribution in [0.3, 0.4) is 0 Å². The average molecular weight is 342 g/mol. The van der Waals surface area contributed by atoms with E-state index in [1.165, 1.54) is 16.7 Å². The molecule has 25 heavy (non-hydrogen) atoms. The summed E-state index contributed by atoms with van der Waals surface area (Å²) < 4.78 is 15.1. The second-order valence-electron chi connectivity index (χ2n) is 6.74. The summed E-state index contributed by atoms with van der Waals surface area (Å²) in [6, 6.07) is 11.8. The molecule has 2 unspecified atom stereocenters. The van der Waals surface area contributed by atoms with Gasteiger partial charge in [0.25, 0.3) is 0 Å². The van der Waals surface area contributed by atoms with Gasteiger partial charge in [-0.3, -0.25) is 0 Å². The molecule has 2 fully saturated rings. The van der Waals surface area contributed by atoms with E-state index in [9.17, 15) is 5.11 Å². The molecule has 0 radical (unpaired) electrons. The Morgan fingerprint density at radius 1 is 0.960 bits per heavy atom. The molecule has 2 aliphatic heterocycles. The maximum atomic E-state index is 9.88. The number of phenols is 1. The van der Waals surface area contributed by atoms with Gasteiger partial charge in [0.1, 0.15) is 18.0 Å². The third-order valence-corrected chi connectivity index (χ3v) is 4.26. The Bertz CT molecular complexity index is 683. The van der Waals surface area contributed by atoms with Crippen molar-refractivity contribution in [1.29, 1.82) is 0 Å². The standard InChI is InChI=1S/C15H16O.C6H10O3/c1-10-8-11(2)15(12(3)9-10)13-6-4-5-7-14(13)16;1(5-3-8-5)7-2-6-4-9-6/h4-9,16H,1-3H3;5-6H,1-4H2. The zero-order chi connectivity index (χ0) is 17.8. The molecule has 4 rings (SSSR count). The number of hydrogen-bond donors (Lipinski definition) is 1. The first kappa shape index (κ1) is 17.9. The van der Waals surface area contributed by atoms with Crippen molar-refractivity contribution in [3.63, 3.8) is 0 Å². The van der Waals surface area contributed by atoms with Crippen molar-refractivity contribution in [1.82, 2.24) is 0 Å². The topological polar surface area (TPSA) is 54.5 Å². The fourth-order valence-corrected chi connectivity index (χ4v) is 2.95. The molecular weight excluding hydrogens is 316 g/mol. The van der Waals surface area contributed by atoms with E-state index in [-0.39, 0.29) is 0 Å². The van der Waals surface area contributed by atoms with E-state index in [4.69, 9.17) is 14.2 Å². The highest BCUT2D eigenvalue weighted by Crippen LogP contribution is 2.34. The molecule has 2 aromatic carbocycles. The Morgan fingerprint density at radius 2 is 1.48 bits per heavy atom. The molecule has 2 heterocycles. The van der Waals surface area contributed by atoms with E-state index in [2.05, 4.69) is 32.9 Å². The van der Waals surface area contributed by atoms with E-state index < -0.39 is 0 Å². The summed E-state index contributed by atoms with van der Waals surface area (Å²) >= 11 is 0. The van der Waals surface area contributed by atoms with E-state index in [1.807, 2.05) is 18.2 Å². The first-order valence-electron chi connectivity index (χ1n) is 8.71. The minimum Gasteiger partial charge on any atom is -0.507 e. The molecule has 2 saturated heterocycles. The van der Waals surface area contributed by atoms with Crippen molar-refractivity contribution in [3.8, 4) is 16.9 Å². The number of aromatic hydroxyl groups is 1. The number of rotatable bonds is 5. The molecule has 2 aromatic rings. The molecule has 4 heteroatoms. The molecule has 1 N–H and O–H groups in total. The molecule has 0 amide bonds. The van der Waals surface area contributed by atoms with E-state index in [1.54, 1.807) is 6.07 Å². The van der Waals surface area contributed by atoms with E-state index in [0.717, 1.165) is 37.6 Å². The lowest BCUT2D eigenvalue weighted by atomic mass is 9.93. The van der Waals surface area contributed by atoms with Crippen molar-refractivity contribution in [2.75, 3.05) is 26.4 Å². The van der Waals surface area contributed by atoms with Gasteiger partial charge in [-0.2, -0.15) is 0 Å². The number of epoxide rings is 2. The predicted molar refractivity (Wildman–Crippen MR) is 98.1 cm³/mol. The van der Waals surface area contributed by atoms with Crippen molar-refractivity contribution >= 4 is 0 Å². The van der Waals surface area contributed by atoms with Crippen molar-refractivity contribution in [2.45, 2.75) is 33.0 Å². The van der Waals surface area contributed by atoms with Gasteiger partial charge in [-0.25, -0.2) is 0 Å². The van der Waals surface area contributed by atoms with Gasteiger partial charge in [0, 0.05) is 5.56 Å². The van der Waals surface area contributed by atoms with E-state index >= 15 is 0 Å². The van der Waals surface area contributed by atoms with Gasteiger partial charge >= 0.3 is 0 Å². The van der Waals surface area contributed by atoms with Gasteiger partial charge in [-0.15, -0.1) is 0 Å². The highest BCUT2D eigenvalue weighted by molar-refractivity contribution is 5.76. The van der Waals surface area contributed by atoms with Gasteiger partial charge in [-0.05, 0) is 43.5 Å². The Morgan fingerprint density at radius 3 is 1.96 bits per heavy atom. The predicted octanol–water partition coefficient (Wildman–Crippen LogP) is 3.79. The van der Waals surface area contributed by atoms with Crippen LogP contribution in [0.15, 0.2) is 36.4 Å². The molecule has 2 atom stereocenters. The second kappa shape index (κ2) is 8.00. The van der Waals surface area contributed by atoms with Crippen molar-refractivity contribution in [2.24, 2.45) is 0 Å². The van der Waals surface area contributed by atoms with Gasteiger partial charge in [-0.1, -0.05) is 35.9 Å². The van der Waals surface area contributed by atoms with Gasteiger partial charge in [0.15, 0.2) is 0 Å². The van der Waals surface area contributed by atoms with E-state index in [0.29, 0.717) is 18.0 Å². The van der Waals surface area contributed by atoms with Gasteiger partial charge < -0.3 is 19.3 Å². The molecule has 4 nitrogen and oxygen atoms in total. The van der Waals surface area contributed by atoms with Gasteiger partial charge in [0.05, 0.1) is 26.4 Å². The molecule has 0 aromatic heterocycles. The molecule has 0 aliphatic carbocycles. The lowest BCUT2D eigenvalue weighted by molar-refractivity contribution is 0.102. The lowest BCUT2D eigenvalue weighted by Crippen LogP contribution is -2.06. The summed E-state index contributed by atoms with van der Waals surface area (Å²) in [7, 11) is 0. The first-order chi connectivity index (χ1) is 12.0. The molecule has 0 bridgehead atoms. The third kappa shape index (κ3) is 5.30. The van der Waals surface area contributed by atoms with Crippen LogP contribution in [-0.4, -0.2) is 43.7 Å². The van der Waals surface area contributed by atoms with Crippen LogP contribution in [0.25, 0.3) is 11.1 Å². The minimum absolute atomic E-state index is 0.345. The smallest absolute Gasteiger partial charge is 0.123 e. The Balaban J connectivity index is 0.000000170. The Labute approximate surface area is 149 Å². The number of ether oxygens (including phenoxy) is 3. The maximum Gasteiger partial charge on any atom is 0.123 e. The Kier molecular flexibility index (Phi) is 5.74. The van der Waals surface area contributed by atoms with Crippen LogP contribution in [0.4, 0.5) is 0 Å². The first-order valence-corrected chi connectivity index (χ1v) is 8.71. The largest absolute Gasteiger partial charge is 0.507 e. The monoisotopic (exact) mass is 342 g/mol. The number of hydrogen-bond acceptors (Lipinski definition) is 4. The fourth-order valence-electron chi connectivity index (χ4n) is 2.95. The minimum atomic E-state index is 0.345. The van der Waals surface area contributed by atoms with Crippen LogP contribution in [0.1, 0.15) is 16.7 Å². The highest BCUT2D eigenvalue weighted by Gasteiger charge is 2.26. The Hall–Kier alpha value is -1.88. The molecule has 2 aliphatic rings. The van der Waals surface area contributed by atoms with Crippen molar-refractivity contribution < 1.29 is 19.3 Å². The van der Waals surface area contributed by atoms with Crippen LogP contribution < -0.4 is 0 Å².